The highest BCUT2D eigenvalue weighted by atomic mass is 16.6. The van der Waals surface area contributed by atoms with Crippen LogP contribution in [0.3, 0.4) is 0 Å². The number of benzene rings is 3. The molecule has 0 unspecified atom stereocenters. The zero-order chi connectivity index (χ0) is 19.0. The lowest BCUT2D eigenvalue weighted by Crippen LogP contribution is -2.02. The molecule has 0 spiro atoms. The molecule has 132 valence electrons. The summed E-state index contributed by atoms with van der Waals surface area (Å²) in [4.78, 5) is 23.9. The van der Waals surface area contributed by atoms with Gasteiger partial charge in [0.2, 0.25) is 0 Å². The van der Waals surface area contributed by atoms with Crippen molar-refractivity contribution in [2.75, 3.05) is 0 Å². The van der Waals surface area contributed by atoms with Gasteiger partial charge in [-0.2, -0.15) is 0 Å². The quantitative estimate of drug-likeness (QED) is 0.316. The molecule has 0 saturated carbocycles. The highest BCUT2D eigenvalue weighted by molar-refractivity contribution is 6.19. The second kappa shape index (κ2) is 6.42. The van der Waals surface area contributed by atoms with Crippen LogP contribution in [0.1, 0.15) is 15.9 Å². The average molecular weight is 359 g/mol. The van der Waals surface area contributed by atoms with Crippen LogP contribution in [0.2, 0.25) is 0 Å². The lowest BCUT2D eigenvalue weighted by molar-refractivity contribution is -0.384. The van der Waals surface area contributed by atoms with Crippen molar-refractivity contribution in [1.82, 2.24) is 0 Å². The predicted molar refractivity (Wildman–Crippen MR) is 99.8 cm³/mol. The maximum Gasteiger partial charge on any atom is 0.270 e. The second-order valence-electron chi connectivity index (χ2n) is 5.99. The Morgan fingerprint density at radius 2 is 1.67 bits per heavy atom. The van der Waals surface area contributed by atoms with Crippen LogP contribution in [0.4, 0.5) is 5.69 Å². The molecule has 27 heavy (non-hydrogen) atoms. The number of rotatable bonds is 4. The van der Waals surface area contributed by atoms with Crippen molar-refractivity contribution in [1.29, 1.82) is 0 Å². The first kappa shape index (κ1) is 16.5. The molecule has 1 aromatic heterocycles. The van der Waals surface area contributed by atoms with E-state index in [0.29, 0.717) is 27.9 Å². The number of nitro benzene ring substituents is 1. The minimum absolute atomic E-state index is 0.0440. The summed E-state index contributed by atoms with van der Waals surface area (Å²) in [6.07, 6.45) is 0. The Balaban J connectivity index is 1.99. The molecular formula is C21H13NO5. The van der Waals surface area contributed by atoms with Crippen molar-refractivity contribution < 1.29 is 19.2 Å². The fourth-order valence-corrected chi connectivity index (χ4v) is 2.97. The first-order chi connectivity index (χ1) is 13.0. The van der Waals surface area contributed by atoms with Crippen LogP contribution in [0.5, 0.6) is 5.75 Å². The standard InChI is InChI=1S/C21H13NO5/c23-16-9-6-13(7-10-16)20(24)19-17-12-15(22(25)26)8-11-18(17)27-21(19)14-4-2-1-3-5-14/h1-12,23H. The van der Waals surface area contributed by atoms with Crippen LogP contribution < -0.4 is 0 Å². The van der Waals surface area contributed by atoms with E-state index in [1.54, 1.807) is 12.1 Å². The largest absolute Gasteiger partial charge is 0.508 e. The minimum Gasteiger partial charge on any atom is -0.508 e. The van der Waals surface area contributed by atoms with E-state index in [-0.39, 0.29) is 22.8 Å². The summed E-state index contributed by atoms with van der Waals surface area (Å²) in [6, 6.07) is 19.1. The number of nitro groups is 1. The molecule has 0 saturated heterocycles. The van der Waals surface area contributed by atoms with Gasteiger partial charge in [0, 0.05) is 28.6 Å². The van der Waals surface area contributed by atoms with Crippen molar-refractivity contribution in [3.05, 3.63) is 94.0 Å². The van der Waals surface area contributed by atoms with Gasteiger partial charge in [0.15, 0.2) is 5.78 Å². The number of nitrogens with zero attached hydrogens (tertiary/aromatic N) is 1. The van der Waals surface area contributed by atoms with E-state index >= 15 is 0 Å². The summed E-state index contributed by atoms with van der Waals surface area (Å²) in [5.41, 5.74) is 1.56. The van der Waals surface area contributed by atoms with E-state index in [2.05, 4.69) is 0 Å². The number of carbonyl (C=O) groups is 1. The molecule has 4 rings (SSSR count). The molecule has 0 atom stereocenters. The van der Waals surface area contributed by atoms with Gasteiger partial charge in [0.25, 0.3) is 5.69 Å². The van der Waals surface area contributed by atoms with Gasteiger partial charge in [-0.05, 0) is 30.3 Å². The Morgan fingerprint density at radius 3 is 2.33 bits per heavy atom. The number of ketones is 1. The van der Waals surface area contributed by atoms with E-state index in [1.165, 1.54) is 42.5 Å². The van der Waals surface area contributed by atoms with Crippen molar-refractivity contribution in [3.8, 4) is 17.1 Å². The molecule has 6 heteroatoms. The second-order valence-corrected chi connectivity index (χ2v) is 5.99. The SMILES string of the molecule is O=C(c1ccc(O)cc1)c1c(-c2ccccc2)oc2ccc([N+](=O)[O-])cc12. The number of non-ortho nitro benzene ring substituents is 1. The Labute approximate surface area is 153 Å². The maximum absolute atomic E-state index is 13.2. The zero-order valence-corrected chi connectivity index (χ0v) is 14.0. The fraction of sp³-hybridized carbons (Fsp3) is 0. The Hall–Kier alpha value is -3.93. The number of phenols is 1. The Bertz CT molecular complexity index is 1160. The van der Waals surface area contributed by atoms with Crippen molar-refractivity contribution in [3.63, 3.8) is 0 Å². The molecular weight excluding hydrogens is 346 g/mol. The van der Waals surface area contributed by atoms with Gasteiger partial charge in [0.1, 0.15) is 17.1 Å². The molecule has 0 aliphatic carbocycles. The lowest BCUT2D eigenvalue weighted by atomic mass is 9.97. The van der Waals surface area contributed by atoms with Crippen molar-refractivity contribution >= 4 is 22.4 Å². The summed E-state index contributed by atoms with van der Waals surface area (Å²) in [7, 11) is 0. The molecule has 1 heterocycles. The summed E-state index contributed by atoms with van der Waals surface area (Å²) >= 11 is 0. The third-order valence-electron chi connectivity index (χ3n) is 4.27. The fourth-order valence-electron chi connectivity index (χ4n) is 2.97. The van der Waals surface area contributed by atoms with Gasteiger partial charge in [-0.3, -0.25) is 14.9 Å². The minimum atomic E-state index is -0.510. The lowest BCUT2D eigenvalue weighted by Gasteiger charge is -2.04. The third kappa shape index (κ3) is 2.93. The first-order valence-electron chi connectivity index (χ1n) is 8.14. The molecule has 3 aromatic carbocycles. The highest BCUT2D eigenvalue weighted by Gasteiger charge is 2.24. The molecule has 0 aliphatic rings. The average Bonchev–Trinajstić information content (AvgIpc) is 3.07. The predicted octanol–water partition coefficient (Wildman–Crippen LogP) is 4.94. The van der Waals surface area contributed by atoms with Gasteiger partial charge in [-0.25, -0.2) is 0 Å². The summed E-state index contributed by atoms with van der Waals surface area (Å²) in [6.45, 7) is 0. The van der Waals surface area contributed by atoms with Crippen molar-refractivity contribution in [2.24, 2.45) is 0 Å². The van der Waals surface area contributed by atoms with Crippen LogP contribution in [0, 0.1) is 10.1 Å². The van der Waals surface area contributed by atoms with Crippen molar-refractivity contribution in [2.45, 2.75) is 0 Å². The monoisotopic (exact) mass is 359 g/mol. The number of aromatic hydroxyl groups is 1. The number of hydrogen-bond donors (Lipinski definition) is 1. The van der Waals surface area contributed by atoms with Crippen LogP contribution in [-0.4, -0.2) is 15.8 Å². The number of hydrogen-bond acceptors (Lipinski definition) is 5. The van der Waals surface area contributed by atoms with E-state index in [4.69, 9.17) is 4.42 Å². The highest BCUT2D eigenvalue weighted by Crippen LogP contribution is 2.37. The van der Waals surface area contributed by atoms with E-state index in [9.17, 15) is 20.0 Å². The zero-order valence-electron chi connectivity index (χ0n) is 14.0. The van der Waals surface area contributed by atoms with Gasteiger partial charge in [-0.15, -0.1) is 0 Å². The van der Waals surface area contributed by atoms with E-state index < -0.39 is 4.92 Å². The van der Waals surface area contributed by atoms with Crippen LogP contribution in [-0.2, 0) is 0 Å². The van der Waals surface area contributed by atoms with Gasteiger partial charge in [-0.1, -0.05) is 30.3 Å². The number of fused-ring (bicyclic) bond motifs is 1. The molecule has 0 fully saturated rings. The Kier molecular flexibility index (Phi) is 3.93. The first-order valence-corrected chi connectivity index (χ1v) is 8.14. The molecule has 0 radical (unpaired) electrons. The topological polar surface area (TPSA) is 93.6 Å². The van der Waals surface area contributed by atoms with Gasteiger partial charge in [0.05, 0.1) is 10.5 Å². The third-order valence-corrected chi connectivity index (χ3v) is 4.27. The smallest absolute Gasteiger partial charge is 0.270 e. The molecule has 0 aliphatic heterocycles. The molecule has 6 nitrogen and oxygen atoms in total. The van der Waals surface area contributed by atoms with Gasteiger partial charge < -0.3 is 9.52 Å². The van der Waals surface area contributed by atoms with Crippen LogP contribution in [0.15, 0.2) is 77.2 Å². The number of carbonyl (C=O) groups excluding carboxylic acids is 1. The van der Waals surface area contributed by atoms with E-state index in [1.807, 2.05) is 18.2 Å². The van der Waals surface area contributed by atoms with Crippen LogP contribution >= 0.6 is 0 Å². The van der Waals surface area contributed by atoms with Crippen LogP contribution in [0.25, 0.3) is 22.3 Å². The molecule has 0 amide bonds. The Morgan fingerprint density at radius 1 is 0.963 bits per heavy atom. The maximum atomic E-state index is 13.2. The summed E-state index contributed by atoms with van der Waals surface area (Å²) < 4.78 is 5.89. The number of furan rings is 1. The summed E-state index contributed by atoms with van der Waals surface area (Å²) in [5, 5.41) is 21.0. The molecule has 1 N–H and O–H groups in total. The number of phenolic OH excluding ortho intramolecular Hbond substituents is 1. The van der Waals surface area contributed by atoms with E-state index in [0.717, 1.165) is 0 Å². The normalized spacial score (nSPS) is 10.8. The molecule has 4 aromatic rings. The summed E-state index contributed by atoms with van der Waals surface area (Å²) in [5.74, 6) is 0.0554. The molecule has 0 bridgehead atoms. The van der Waals surface area contributed by atoms with Gasteiger partial charge >= 0.3 is 0 Å².